The lowest BCUT2D eigenvalue weighted by Crippen LogP contribution is -2.47. The Labute approximate surface area is 141 Å². The highest BCUT2D eigenvalue weighted by atomic mass is 35.5. The van der Waals surface area contributed by atoms with Gasteiger partial charge in [-0.3, -0.25) is 10.1 Å². The van der Waals surface area contributed by atoms with E-state index in [0.29, 0.717) is 11.7 Å². The predicted octanol–water partition coefficient (Wildman–Crippen LogP) is 2.26. The monoisotopic (exact) mass is 348 g/mol. The van der Waals surface area contributed by atoms with Crippen LogP contribution < -0.4 is 10.6 Å². The van der Waals surface area contributed by atoms with Gasteiger partial charge in [0.15, 0.2) is 0 Å². The van der Waals surface area contributed by atoms with Crippen LogP contribution in [0.5, 0.6) is 0 Å². The van der Waals surface area contributed by atoms with Crippen LogP contribution in [-0.2, 0) is 16.0 Å². The Morgan fingerprint density at radius 2 is 2.14 bits per heavy atom. The van der Waals surface area contributed by atoms with E-state index < -0.39 is 5.41 Å². The number of aryl methyl sites for hydroxylation is 1. The number of aromatic nitrogens is 2. The summed E-state index contributed by atoms with van der Waals surface area (Å²) >= 11 is 1.47. The zero-order valence-electron chi connectivity index (χ0n) is 13.2. The highest BCUT2D eigenvalue weighted by molar-refractivity contribution is 7.15. The maximum Gasteiger partial charge on any atom is 0.234 e. The van der Waals surface area contributed by atoms with Gasteiger partial charge in [-0.2, -0.15) is 0 Å². The molecule has 0 aliphatic carbocycles. The van der Waals surface area contributed by atoms with Crippen LogP contribution in [0.4, 0.5) is 5.13 Å². The standard InChI is InChI=1S/C14H24N4O2S.ClH/c1-3-4-5-11-17-18-13(21-11)16-12(19)14(10-20-2)6-8-15-9-7-14;/h15H,3-10H2,1-2H3,(H,16,18,19);1H. The van der Waals surface area contributed by atoms with Gasteiger partial charge < -0.3 is 10.1 Å². The van der Waals surface area contributed by atoms with E-state index in [4.69, 9.17) is 4.74 Å². The van der Waals surface area contributed by atoms with Gasteiger partial charge in [0.05, 0.1) is 12.0 Å². The molecule has 0 spiro atoms. The second-order valence-corrected chi connectivity index (χ2v) is 6.58. The van der Waals surface area contributed by atoms with Crippen molar-refractivity contribution < 1.29 is 9.53 Å². The molecule has 126 valence electrons. The average molecular weight is 349 g/mol. The van der Waals surface area contributed by atoms with Crippen LogP contribution in [0, 0.1) is 5.41 Å². The molecular weight excluding hydrogens is 324 g/mol. The van der Waals surface area contributed by atoms with Gasteiger partial charge >= 0.3 is 0 Å². The van der Waals surface area contributed by atoms with Crippen LogP contribution in [-0.4, -0.2) is 42.9 Å². The van der Waals surface area contributed by atoms with Gasteiger partial charge in [0.2, 0.25) is 11.0 Å². The lowest BCUT2D eigenvalue weighted by molar-refractivity contribution is -0.130. The number of piperidine rings is 1. The Morgan fingerprint density at radius 1 is 1.41 bits per heavy atom. The number of hydrogen-bond acceptors (Lipinski definition) is 6. The van der Waals surface area contributed by atoms with Crippen LogP contribution in [0.25, 0.3) is 0 Å². The number of methoxy groups -OCH3 is 1. The summed E-state index contributed by atoms with van der Waals surface area (Å²) in [5.74, 6) is 0.00374. The van der Waals surface area contributed by atoms with Crippen molar-refractivity contribution in [1.82, 2.24) is 15.5 Å². The molecular formula is C14H25ClN4O2S. The van der Waals surface area contributed by atoms with E-state index in [1.807, 2.05) is 0 Å². The molecule has 6 nitrogen and oxygen atoms in total. The quantitative estimate of drug-likeness (QED) is 0.790. The highest BCUT2D eigenvalue weighted by Crippen LogP contribution is 2.31. The Kier molecular flexibility index (Phi) is 8.24. The lowest BCUT2D eigenvalue weighted by atomic mass is 9.79. The minimum atomic E-state index is -0.449. The number of nitrogens with zero attached hydrogens (tertiary/aromatic N) is 2. The first-order chi connectivity index (χ1) is 10.2. The molecule has 2 rings (SSSR count). The molecule has 1 amide bonds. The van der Waals surface area contributed by atoms with E-state index in [0.717, 1.165) is 50.2 Å². The summed E-state index contributed by atoms with van der Waals surface area (Å²) in [5, 5.41) is 16.0. The fourth-order valence-corrected chi connectivity index (χ4v) is 3.36. The van der Waals surface area contributed by atoms with Crippen molar-refractivity contribution in [2.75, 3.05) is 32.1 Å². The molecule has 1 aliphatic heterocycles. The molecule has 1 aromatic rings. The van der Waals surface area contributed by atoms with Crippen molar-refractivity contribution in [3.8, 4) is 0 Å². The molecule has 0 saturated carbocycles. The number of ether oxygens (including phenoxy) is 1. The number of nitrogens with one attached hydrogen (secondary N) is 2. The summed E-state index contributed by atoms with van der Waals surface area (Å²) in [5.41, 5.74) is -0.449. The van der Waals surface area contributed by atoms with Gasteiger partial charge in [-0.05, 0) is 32.4 Å². The summed E-state index contributed by atoms with van der Waals surface area (Å²) in [6, 6.07) is 0. The van der Waals surface area contributed by atoms with Crippen LogP contribution >= 0.6 is 23.7 Å². The molecule has 22 heavy (non-hydrogen) atoms. The molecule has 1 fully saturated rings. The minimum absolute atomic E-state index is 0. The van der Waals surface area contributed by atoms with E-state index >= 15 is 0 Å². The fourth-order valence-electron chi connectivity index (χ4n) is 2.58. The predicted molar refractivity (Wildman–Crippen MR) is 90.8 cm³/mol. The Hall–Kier alpha value is -0.760. The maximum absolute atomic E-state index is 12.6. The molecule has 1 aromatic heterocycles. The highest BCUT2D eigenvalue weighted by Gasteiger charge is 2.40. The smallest absolute Gasteiger partial charge is 0.234 e. The van der Waals surface area contributed by atoms with Crippen molar-refractivity contribution in [3.63, 3.8) is 0 Å². The van der Waals surface area contributed by atoms with Crippen LogP contribution in [0.3, 0.4) is 0 Å². The second-order valence-electron chi connectivity index (χ2n) is 5.52. The zero-order valence-corrected chi connectivity index (χ0v) is 14.8. The number of unbranched alkanes of at least 4 members (excludes halogenated alkanes) is 1. The Balaban J connectivity index is 0.00000242. The van der Waals surface area contributed by atoms with Gasteiger partial charge in [-0.15, -0.1) is 22.6 Å². The topological polar surface area (TPSA) is 76.1 Å². The normalized spacial score (nSPS) is 16.8. The summed E-state index contributed by atoms with van der Waals surface area (Å²) in [7, 11) is 1.64. The lowest BCUT2D eigenvalue weighted by Gasteiger charge is -2.35. The molecule has 2 N–H and O–H groups in total. The molecule has 2 heterocycles. The fraction of sp³-hybridized carbons (Fsp3) is 0.786. The number of carbonyl (C=O) groups is 1. The molecule has 0 aromatic carbocycles. The molecule has 8 heteroatoms. The summed E-state index contributed by atoms with van der Waals surface area (Å²) < 4.78 is 5.28. The van der Waals surface area contributed by atoms with E-state index in [9.17, 15) is 4.79 Å². The third-order valence-electron chi connectivity index (χ3n) is 3.89. The van der Waals surface area contributed by atoms with Gasteiger partial charge in [0, 0.05) is 13.5 Å². The minimum Gasteiger partial charge on any atom is -0.384 e. The number of anilines is 1. The SMILES string of the molecule is CCCCc1nnc(NC(=O)C2(COC)CCNCC2)s1.Cl. The first-order valence-electron chi connectivity index (χ1n) is 7.53. The van der Waals surface area contributed by atoms with Crippen molar-refractivity contribution >= 4 is 34.8 Å². The van der Waals surface area contributed by atoms with Crippen molar-refractivity contribution in [2.24, 2.45) is 5.41 Å². The van der Waals surface area contributed by atoms with Gasteiger partial charge in [-0.25, -0.2) is 0 Å². The summed E-state index contributed by atoms with van der Waals surface area (Å²) in [6.45, 7) is 4.28. The van der Waals surface area contributed by atoms with Crippen molar-refractivity contribution in [2.45, 2.75) is 39.0 Å². The van der Waals surface area contributed by atoms with E-state index in [2.05, 4.69) is 27.8 Å². The molecule has 1 aliphatic rings. The first-order valence-corrected chi connectivity index (χ1v) is 8.35. The van der Waals surface area contributed by atoms with E-state index in [-0.39, 0.29) is 18.3 Å². The van der Waals surface area contributed by atoms with Gasteiger partial charge in [-0.1, -0.05) is 24.7 Å². The first kappa shape index (κ1) is 19.3. The molecule has 0 atom stereocenters. The van der Waals surface area contributed by atoms with Gasteiger partial charge in [0.1, 0.15) is 5.01 Å². The second kappa shape index (κ2) is 9.39. The van der Waals surface area contributed by atoms with Crippen molar-refractivity contribution in [3.05, 3.63) is 5.01 Å². The average Bonchev–Trinajstić information content (AvgIpc) is 2.94. The third kappa shape index (κ3) is 4.87. The molecule has 0 unspecified atom stereocenters. The largest absolute Gasteiger partial charge is 0.384 e. The zero-order chi connectivity index (χ0) is 15.1. The number of hydrogen-bond donors (Lipinski definition) is 2. The van der Waals surface area contributed by atoms with Gasteiger partial charge in [0.25, 0.3) is 0 Å². The maximum atomic E-state index is 12.6. The number of carbonyl (C=O) groups excluding carboxylic acids is 1. The molecule has 1 saturated heterocycles. The van der Waals surface area contributed by atoms with Crippen LogP contribution in [0.15, 0.2) is 0 Å². The Morgan fingerprint density at radius 3 is 2.77 bits per heavy atom. The van der Waals surface area contributed by atoms with Crippen molar-refractivity contribution in [1.29, 1.82) is 0 Å². The van der Waals surface area contributed by atoms with Crippen LogP contribution in [0.1, 0.15) is 37.6 Å². The number of amides is 1. The van der Waals surface area contributed by atoms with E-state index in [1.54, 1.807) is 7.11 Å². The Bertz CT molecular complexity index is 458. The summed E-state index contributed by atoms with van der Waals surface area (Å²) in [4.78, 5) is 12.6. The molecule has 0 radical (unpaired) electrons. The molecule has 0 bridgehead atoms. The summed E-state index contributed by atoms with van der Waals surface area (Å²) in [6.07, 6.45) is 4.73. The number of rotatable bonds is 7. The van der Waals surface area contributed by atoms with Crippen LogP contribution in [0.2, 0.25) is 0 Å². The third-order valence-corrected chi connectivity index (χ3v) is 4.79. The number of halogens is 1. The van der Waals surface area contributed by atoms with E-state index in [1.165, 1.54) is 11.3 Å².